The molecule has 0 unspecified atom stereocenters. The molecule has 4 rings (SSSR count). The first-order valence-electron chi connectivity index (χ1n) is 10.1. The van der Waals surface area contributed by atoms with Gasteiger partial charge in [-0.25, -0.2) is 4.39 Å². The highest BCUT2D eigenvalue weighted by Gasteiger charge is 2.36. The second kappa shape index (κ2) is 9.50. The van der Waals surface area contributed by atoms with Gasteiger partial charge in [-0.1, -0.05) is 30.3 Å². The quantitative estimate of drug-likeness (QED) is 0.637. The molecule has 1 fully saturated rings. The SMILES string of the molecule is O=C(Nc1cccnc1)[C@@H]1C[C@@H](c2ccc(F)cc2)N(CCOc2ccccc2)C1. The normalized spacial score (nSPS) is 18.8. The number of amides is 1. The molecular weight excluding hydrogens is 381 g/mol. The zero-order valence-electron chi connectivity index (χ0n) is 16.6. The topological polar surface area (TPSA) is 54.5 Å². The third-order valence-corrected chi connectivity index (χ3v) is 5.35. The maximum absolute atomic E-state index is 13.4. The van der Waals surface area contributed by atoms with Crippen LogP contribution < -0.4 is 10.1 Å². The van der Waals surface area contributed by atoms with Crippen LogP contribution in [0.15, 0.2) is 79.1 Å². The lowest BCUT2D eigenvalue weighted by Gasteiger charge is -2.24. The van der Waals surface area contributed by atoms with E-state index >= 15 is 0 Å². The van der Waals surface area contributed by atoms with Gasteiger partial charge in [-0.2, -0.15) is 0 Å². The summed E-state index contributed by atoms with van der Waals surface area (Å²) in [4.78, 5) is 19.1. The van der Waals surface area contributed by atoms with E-state index in [1.165, 1.54) is 12.1 Å². The Balaban J connectivity index is 1.44. The molecule has 30 heavy (non-hydrogen) atoms. The van der Waals surface area contributed by atoms with Crippen molar-refractivity contribution in [2.45, 2.75) is 12.5 Å². The minimum absolute atomic E-state index is 0.0263. The molecule has 2 aromatic carbocycles. The van der Waals surface area contributed by atoms with Crippen LogP contribution in [0.1, 0.15) is 18.0 Å². The molecule has 1 aliphatic heterocycles. The number of para-hydroxylation sites is 1. The Morgan fingerprint density at radius 3 is 2.63 bits per heavy atom. The third kappa shape index (κ3) is 5.02. The zero-order valence-corrected chi connectivity index (χ0v) is 16.6. The smallest absolute Gasteiger partial charge is 0.228 e. The van der Waals surface area contributed by atoms with Gasteiger partial charge in [-0.05, 0) is 48.4 Å². The van der Waals surface area contributed by atoms with Crippen LogP contribution in [0, 0.1) is 11.7 Å². The molecule has 5 nitrogen and oxygen atoms in total. The highest BCUT2D eigenvalue weighted by atomic mass is 19.1. The van der Waals surface area contributed by atoms with E-state index in [1.807, 2.05) is 36.4 Å². The minimum atomic E-state index is -0.262. The van der Waals surface area contributed by atoms with E-state index in [2.05, 4.69) is 15.2 Å². The van der Waals surface area contributed by atoms with Crippen LogP contribution in [-0.2, 0) is 4.79 Å². The average Bonchev–Trinajstić information content (AvgIpc) is 3.20. The van der Waals surface area contributed by atoms with Gasteiger partial charge in [0, 0.05) is 25.3 Å². The molecule has 1 amide bonds. The van der Waals surface area contributed by atoms with Gasteiger partial charge in [-0.15, -0.1) is 0 Å². The fourth-order valence-electron chi connectivity index (χ4n) is 3.85. The Labute approximate surface area is 175 Å². The molecule has 1 N–H and O–H groups in total. The summed E-state index contributed by atoms with van der Waals surface area (Å²) in [6.07, 6.45) is 3.98. The number of ether oxygens (including phenoxy) is 1. The summed E-state index contributed by atoms with van der Waals surface area (Å²) in [5, 5.41) is 2.95. The highest BCUT2D eigenvalue weighted by molar-refractivity contribution is 5.92. The number of nitrogens with zero attached hydrogens (tertiary/aromatic N) is 2. The van der Waals surface area contributed by atoms with Crippen molar-refractivity contribution in [3.05, 3.63) is 90.5 Å². The maximum Gasteiger partial charge on any atom is 0.228 e. The van der Waals surface area contributed by atoms with Crippen molar-refractivity contribution in [3.63, 3.8) is 0 Å². The van der Waals surface area contributed by atoms with Crippen LogP contribution in [0.3, 0.4) is 0 Å². The van der Waals surface area contributed by atoms with Crippen molar-refractivity contribution in [1.29, 1.82) is 0 Å². The van der Waals surface area contributed by atoms with Crippen molar-refractivity contribution in [3.8, 4) is 5.75 Å². The monoisotopic (exact) mass is 405 g/mol. The van der Waals surface area contributed by atoms with Crippen LogP contribution in [-0.4, -0.2) is 35.5 Å². The molecule has 2 heterocycles. The van der Waals surface area contributed by atoms with Gasteiger partial charge < -0.3 is 10.1 Å². The summed E-state index contributed by atoms with van der Waals surface area (Å²) < 4.78 is 19.3. The fourth-order valence-corrected chi connectivity index (χ4v) is 3.85. The summed E-state index contributed by atoms with van der Waals surface area (Å²) in [5.41, 5.74) is 1.69. The van der Waals surface area contributed by atoms with Crippen LogP contribution in [0.5, 0.6) is 5.75 Å². The number of nitrogens with one attached hydrogen (secondary N) is 1. The average molecular weight is 405 g/mol. The number of halogens is 1. The maximum atomic E-state index is 13.4. The third-order valence-electron chi connectivity index (χ3n) is 5.35. The molecule has 0 aliphatic carbocycles. The largest absolute Gasteiger partial charge is 0.492 e. The van der Waals surface area contributed by atoms with Crippen LogP contribution in [0.2, 0.25) is 0 Å². The van der Waals surface area contributed by atoms with E-state index < -0.39 is 0 Å². The van der Waals surface area contributed by atoms with E-state index in [9.17, 15) is 9.18 Å². The second-order valence-corrected chi connectivity index (χ2v) is 7.39. The Morgan fingerprint density at radius 2 is 1.90 bits per heavy atom. The lowest BCUT2D eigenvalue weighted by molar-refractivity contribution is -0.119. The molecule has 2 atom stereocenters. The molecule has 6 heteroatoms. The first-order chi connectivity index (χ1) is 14.7. The number of hydrogen-bond acceptors (Lipinski definition) is 4. The highest BCUT2D eigenvalue weighted by Crippen LogP contribution is 2.36. The summed E-state index contributed by atoms with van der Waals surface area (Å²) in [6, 6.07) is 19.8. The van der Waals surface area contributed by atoms with E-state index in [1.54, 1.807) is 30.6 Å². The lowest BCUT2D eigenvalue weighted by atomic mass is 9.99. The van der Waals surface area contributed by atoms with Gasteiger partial charge in [0.05, 0.1) is 17.8 Å². The number of anilines is 1. The van der Waals surface area contributed by atoms with Crippen molar-refractivity contribution >= 4 is 11.6 Å². The molecular formula is C24H24FN3O2. The summed E-state index contributed by atoms with van der Waals surface area (Å²) >= 11 is 0. The standard InChI is InChI=1S/C24H24FN3O2/c25-20-10-8-18(9-11-20)23-15-19(24(29)27-21-5-4-12-26-16-21)17-28(23)13-14-30-22-6-2-1-3-7-22/h1-12,16,19,23H,13-15,17H2,(H,27,29)/t19-,23+/m1/s1. The minimum Gasteiger partial charge on any atom is -0.492 e. The predicted octanol–water partition coefficient (Wildman–Crippen LogP) is 4.30. The number of carbonyl (C=O) groups is 1. The van der Waals surface area contributed by atoms with E-state index in [-0.39, 0.29) is 23.7 Å². The first-order valence-corrected chi connectivity index (χ1v) is 10.1. The molecule has 1 aliphatic rings. The number of aromatic nitrogens is 1. The van der Waals surface area contributed by atoms with Crippen molar-refractivity contribution in [2.24, 2.45) is 5.92 Å². The van der Waals surface area contributed by atoms with Gasteiger partial charge in [0.2, 0.25) is 5.91 Å². The van der Waals surface area contributed by atoms with Crippen LogP contribution in [0.25, 0.3) is 0 Å². The van der Waals surface area contributed by atoms with Crippen molar-refractivity contribution < 1.29 is 13.9 Å². The lowest BCUT2D eigenvalue weighted by Crippen LogP contribution is -2.31. The van der Waals surface area contributed by atoms with E-state index in [4.69, 9.17) is 4.74 Å². The van der Waals surface area contributed by atoms with Gasteiger partial charge in [0.15, 0.2) is 0 Å². The Morgan fingerprint density at radius 1 is 1.10 bits per heavy atom. The number of benzene rings is 2. The van der Waals surface area contributed by atoms with Crippen LogP contribution >= 0.6 is 0 Å². The van der Waals surface area contributed by atoms with Gasteiger partial charge >= 0.3 is 0 Å². The molecule has 0 bridgehead atoms. The van der Waals surface area contributed by atoms with Gasteiger partial charge in [0.1, 0.15) is 18.2 Å². The van der Waals surface area contributed by atoms with Crippen LogP contribution in [0.4, 0.5) is 10.1 Å². The molecule has 1 saturated heterocycles. The number of pyridine rings is 1. The van der Waals surface area contributed by atoms with E-state index in [0.29, 0.717) is 31.8 Å². The fraction of sp³-hybridized carbons (Fsp3) is 0.250. The molecule has 0 radical (unpaired) electrons. The van der Waals surface area contributed by atoms with E-state index in [0.717, 1.165) is 11.3 Å². The van der Waals surface area contributed by atoms with Gasteiger partial charge in [0.25, 0.3) is 0 Å². The number of hydrogen-bond donors (Lipinski definition) is 1. The summed E-state index contributed by atoms with van der Waals surface area (Å²) in [6.45, 7) is 1.80. The molecule has 154 valence electrons. The molecule has 0 spiro atoms. The second-order valence-electron chi connectivity index (χ2n) is 7.39. The first kappa shape index (κ1) is 20.0. The number of rotatable bonds is 7. The Bertz CT molecular complexity index is 951. The number of likely N-dealkylation sites (tertiary alicyclic amines) is 1. The van der Waals surface area contributed by atoms with Gasteiger partial charge in [-0.3, -0.25) is 14.7 Å². The summed E-state index contributed by atoms with van der Waals surface area (Å²) in [5.74, 6) is 0.362. The molecule has 3 aromatic rings. The molecule has 0 saturated carbocycles. The van der Waals surface area contributed by atoms with Crippen molar-refractivity contribution in [1.82, 2.24) is 9.88 Å². The zero-order chi connectivity index (χ0) is 20.8. The Hall–Kier alpha value is -3.25. The molecule has 1 aromatic heterocycles. The van der Waals surface area contributed by atoms with Crippen molar-refractivity contribution in [2.75, 3.05) is 25.0 Å². The predicted molar refractivity (Wildman–Crippen MR) is 114 cm³/mol. The Kier molecular flexibility index (Phi) is 6.35. The number of carbonyl (C=O) groups excluding carboxylic acids is 1. The summed E-state index contributed by atoms with van der Waals surface area (Å²) in [7, 11) is 0.